The third kappa shape index (κ3) is 3.47. The number of aryl methyl sites for hydroxylation is 1. The number of aromatic nitrogens is 1. The van der Waals surface area contributed by atoms with Crippen LogP contribution < -0.4 is 5.32 Å². The van der Waals surface area contributed by atoms with Crippen molar-refractivity contribution >= 4 is 17.7 Å². The van der Waals surface area contributed by atoms with Crippen molar-refractivity contribution in [3.05, 3.63) is 23.0 Å². The van der Waals surface area contributed by atoms with E-state index in [2.05, 4.69) is 16.8 Å². The second-order valence-corrected chi connectivity index (χ2v) is 8.02. The first kappa shape index (κ1) is 18.1. The summed E-state index contributed by atoms with van der Waals surface area (Å²) in [5.41, 5.74) is 3.01. The van der Waals surface area contributed by atoms with Gasteiger partial charge in [-0.15, -0.1) is 0 Å². The molecular weight excluding hydrogens is 344 g/mol. The fourth-order valence-electron chi connectivity index (χ4n) is 4.42. The Hall–Kier alpha value is -2.31. The third-order valence-corrected chi connectivity index (χ3v) is 6.01. The van der Waals surface area contributed by atoms with Gasteiger partial charge in [0.05, 0.1) is 5.56 Å². The molecule has 3 heterocycles. The Morgan fingerprint density at radius 3 is 2.41 bits per heavy atom. The molecular formula is C20H28N4O3. The normalized spacial score (nSPS) is 23.3. The summed E-state index contributed by atoms with van der Waals surface area (Å²) in [6.07, 6.45) is 4.15. The van der Waals surface area contributed by atoms with E-state index in [1.54, 1.807) is 4.90 Å². The van der Waals surface area contributed by atoms with Crippen LogP contribution in [0.15, 0.2) is 6.07 Å². The van der Waals surface area contributed by atoms with Gasteiger partial charge in [-0.2, -0.15) is 0 Å². The number of amides is 3. The van der Waals surface area contributed by atoms with Crippen molar-refractivity contribution in [1.82, 2.24) is 19.7 Å². The van der Waals surface area contributed by atoms with Crippen molar-refractivity contribution in [2.75, 3.05) is 26.2 Å². The smallest absolute Gasteiger partial charge is 0.255 e. The molecule has 1 saturated carbocycles. The van der Waals surface area contributed by atoms with E-state index in [0.717, 1.165) is 23.4 Å². The van der Waals surface area contributed by atoms with Gasteiger partial charge in [0.15, 0.2) is 0 Å². The molecule has 7 heteroatoms. The molecule has 7 nitrogen and oxygen atoms in total. The van der Waals surface area contributed by atoms with Crippen LogP contribution in [0.3, 0.4) is 0 Å². The van der Waals surface area contributed by atoms with Crippen LogP contribution in [-0.2, 0) is 9.59 Å². The van der Waals surface area contributed by atoms with E-state index in [0.29, 0.717) is 45.1 Å². The summed E-state index contributed by atoms with van der Waals surface area (Å²) >= 11 is 0. The maximum Gasteiger partial charge on any atom is 0.255 e. The van der Waals surface area contributed by atoms with Crippen molar-refractivity contribution in [2.24, 2.45) is 0 Å². The highest BCUT2D eigenvalue weighted by Gasteiger charge is 2.33. The van der Waals surface area contributed by atoms with Gasteiger partial charge in [0.2, 0.25) is 11.8 Å². The van der Waals surface area contributed by atoms with Gasteiger partial charge >= 0.3 is 0 Å². The number of nitrogens with zero attached hydrogens (tertiary/aromatic N) is 3. The van der Waals surface area contributed by atoms with Gasteiger partial charge in [-0.1, -0.05) is 0 Å². The highest BCUT2D eigenvalue weighted by Crippen LogP contribution is 2.38. The monoisotopic (exact) mass is 372 g/mol. The molecule has 146 valence electrons. The van der Waals surface area contributed by atoms with Crippen molar-refractivity contribution in [3.8, 4) is 0 Å². The summed E-state index contributed by atoms with van der Waals surface area (Å²) in [6, 6.07) is 2.18. The molecule has 3 aliphatic rings. The minimum atomic E-state index is -0.391. The molecule has 2 aliphatic heterocycles. The molecule has 0 aromatic carbocycles. The van der Waals surface area contributed by atoms with E-state index in [1.165, 1.54) is 12.8 Å². The van der Waals surface area contributed by atoms with Gasteiger partial charge in [0.1, 0.15) is 6.04 Å². The Morgan fingerprint density at radius 1 is 1.04 bits per heavy atom. The molecule has 0 spiro atoms. The van der Waals surface area contributed by atoms with E-state index in [9.17, 15) is 14.4 Å². The van der Waals surface area contributed by atoms with E-state index in [-0.39, 0.29) is 17.7 Å². The molecule has 1 unspecified atom stereocenters. The Bertz CT molecular complexity index is 780. The highest BCUT2D eigenvalue weighted by atomic mass is 16.2. The molecule has 3 fully saturated rings. The highest BCUT2D eigenvalue weighted by molar-refractivity contribution is 5.96. The molecule has 4 rings (SSSR count). The zero-order valence-electron chi connectivity index (χ0n) is 16.2. The lowest BCUT2D eigenvalue weighted by atomic mass is 10.2. The topological polar surface area (TPSA) is 74.7 Å². The number of rotatable bonds is 3. The maximum atomic E-state index is 13.1. The zero-order chi connectivity index (χ0) is 19.1. The van der Waals surface area contributed by atoms with Crippen LogP contribution >= 0.6 is 0 Å². The van der Waals surface area contributed by atoms with Gasteiger partial charge in [-0.25, -0.2) is 0 Å². The second-order valence-electron chi connectivity index (χ2n) is 8.02. The van der Waals surface area contributed by atoms with Crippen molar-refractivity contribution < 1.29 is 14.4 Å². The predicted molar refractivity (Wildman–Crippen MR) is 100 cm³/mol. The maximum absolute atomic E-state index is 13.1. The molecule has 0 radical (unpaired) electrons. The summed E-state index contributed by atoms with van der Waals surface area (Å²) in [7, 11) is 0. The molecule has 1 aromatic heterocycles. The van der Waals surface area contributed by atoms with Crippen LogP contribution in [0.2, 0.25) is 0 Å². The van der Waals surface area contributed by atoms with E-state index < -0.39 is 6.04 Å². The van der Waals surface area contributed by atoms with Gasteiger partial charge in [0.25, 0.3) is 5.91 Å². The lowest BCUT2D eigenvalue weighted by molar-refractivity contribution is -0.134. The van der Waals surface area contributed by atoms with E-state index >= 15 is 0 Å². The molecule has 27 heavy (non-hydrogen) atoms. The Labute approximate surface area is 159 Å². The van der Waals surface area contributed by atoms with Crippen LogP contribution in [0.1, 0.15) is 59.9 Å². The van der Waals surface area contributed by atoms with Gasteiger partial charge in [-0.3, -0.25) is 14.4 Å². The molecule has 1 N–H and O–H groups in total. The molecule has 0 bridgehead atoms. The van der Waals surface area contributed by atoms with Gasteiger partial charge in [-0.05, 0) is 45.6 Å². The number of hydrogen-bond donors (Lipinski definition) is 1. The standard InChI is InChI=1S/C20H28N4O3/c1-13-12-16(14(2)24(13)15-4-5-15)19(26)22-8-3-9-23(11-10-22)20(27)17-6-7-18(25)21-17/h12,15,17H,3-11H2,1-2H3,(H,21,25). The predicted octanol–water partition coefficient (Wildman–Crippen LogP) is 1.39. The van der Waals surface area contributed by atoms with Gasteiger partial charge in [0, 0.05) is 50.0 Å². The summed E-state index contributed by atoms with van der Waals surface area (Å²) < 4.78 is 2.30. The largest absolute Gasteiger partial charge is 0.345 e. The summed E-state index contributed by atoms with van der Waals surface area (Å²) in [6.45, 7) is 6.47. The minimum absolute atomic E-state index is 0.0120. The first-order valence-corrected chi connectivity index (χ1v) is 10.0. The van der Waals surface area contributed by atoms with E-state index in [1.807, 2.05) is 17.9 Å². The van der Waals surface area contributed by atoms with Crippen LogP contribution in [-0.4, -0.2) is 64.3 Å². The summed E-state index contributed by atoms with van der Waals surface area (Å²) in [5, 5.41) is 2.75. The van der Waals surface area contributed by atoms with Crippen LogP contribution in [0.4, 0.5) is 0 Å². The lowest BCUT2D eigenvalue weighted by Crippen LogP contribution is -2.46. The molecule has 1 atom stereocenters. The fourth-order valence-corrected chi connectivity index (χ4v) is 4.42. The third-order valence-electron chi connectivity index (χ3n) is 6.01. The van der Waals surface area contributed by atoms with Crippen molar-refractivity contribution in [3.63, 3.8) is 0 Å². The molecule has 2 saturated heterocycles. The first-order valence-electron chi connectivity index (χ1n) is 10.0. The Morgan fingerprint density at radius 2 is 1.74 bits per heavy atom. The fraction of sp³-hybridized carbons (Fsp3) is 0.650. The number of hydrogen-bond acceptors (Lipinski definition) is 3. The zero-order valence-corrected chi connectivity index (χ0v) is 16.2. The average molecular weight is 372 g/mol. The van der Waals surface area contributed by atoms with Crippen LogP contribution in [0, 0.1) is 13.8 Å². The van der Waals surface area contributed by atoms with Gasteiger partial charge < -0.3 is 19.7 Å². The summed E-state index contributed by atoms with van der Waals surface area (Å²) in [5.74, 6) is 0.00604. The average Bonchev–Trinajstić information content (AvgIpc) is 3.36. The first-order chi connectivity index (χ1) is 13.0. The minimum Gasteiger partial charge on any atom is -0.345 e. The van der Waals surface area contributed by atoms with Crippen molar-refractivity contribution in [1.29, 1.82) is 0 Å². The Balaban J connectivity index is 1.42. The van der Waals surface area contributed by atoms with Crippen molar-refractivity contribution in [2.45, 2.75) is 58.0 Å². The second kappa shape index (κ2) is 7.02. The number of carbonyl (C=O) groups is 3. The lowest BCUT2D eigenvalue weighted by Gasteiger charge is -2.24. The van der Waals surface area contributed by atoms with Crippen LogP contribution in [0.25, 0.3) is 0 Å². The Kier molecular flexibility index (Phi) is 4.70. The number of carbonyl (C=O) groups excluding carboxylic acids is 3. The molecule has 3 amide bonds. The van der Waals surface area contributed by atoms with E-state index in [4.69, 9.17) is 0 Å². The quantitative estimate of drug-likeness (QED) is 0.871. The molecule has 1 aromatic rings. The summed E-state index contributed by atoms with van der Waals surface area (Å²) in [4.78, 5) is 40.8. The van der Waals surface area contributed by atoms with Crippen LogP contribution in [0.5, 0.6) is 0 Å². The SMILES string of the molecule is Cc1cc(C(=O)N2CCCN(C(=O)C3CCC(=O)N3)CC2)c(C)n1C1CC1. The molecule has 1 aliphatic carbocycles. The number of nitrogens with one attached hydrogen (secondary N) is 1.